The monoisotopic (exact) mass is 368 g/mol. The molecule has 0 bridgehead atoms. The fourth-order valence-corrected chi connectivity index (χ4v) is 4.18. The summed E-state index contributed by atoms with van der Waals surface area (Å²) in [5, 5.41) is 0. The number of halogens is 2. The Morgan fingerprint density at radius 1 is 1.38 bits per heavy atom. The number of aryl methyl sites for hydroxylation is 1. The van der Waals surface area contributed by atoms with E-state index in [1.165, 1.54) is 37.6 Å². The molecule has 1 saturated carbocycles. The highest BCUT2D eigenvalue weighted by Crippen LogP contribution is 2.32. The molecule has 0 aliphatic heterocycles. The van der Waals surface area contributed by atoms with Crippen LogP contribution in [0, 0.1) is 11.8 Å². The zero-order valence-corrected chi connectivity index (χ0v) is 14.8. The number of rotatable bonds is 4. The molecule has 1 aliphatic carbocycles. The van der Waals surface area contributed by atoms with Crippen molar-refractivity contribution < 1.29 is 0 Å². The molecule has 2 aromatic rings. The van der Waals surface area contributed by atoms with E-state index in [2.05, 4.69) is 44.5 Å². The van der Waals surface area contributed by atoms with Gasteiger partial charge in [-0.1, -0.05) is 42.1 Å². The van der Waals surface area contributed by atoms with Crippen LogP contribution >= 0.6 is 27.5 Å². The van der Waals surface area contributed by atoms with E-state index in [1.807, 2.05) is 6.07 Å². The van der Waals surface area contributed by atoms with Crippen LogP contribution < -0.4 is 0 Å². The predicted octanol–water partition coefficient (Wildman–Crippen LogP) is 5.75. The van der Waals surface area contributed by atoms with Gasteiger partial charge in [-0.3, -0.25) is 0 Å². The van der Waals surface area contributed by atoms with Gasteiger partial charge in [0.1, 0.15) is 5.82 Å². The Balaban J connectivity index is 1.80. The van der Waals surface area contributed by atoms with Crippen LogP contribution in [0.1, 0.15) is 44.9 Å². The van der Waals surface area contributed by atoms with E-state index in [9.17, 15) is 0 Å². The highest BCUT2D eigenvalue weighted by molar-refractivity contribution is 9.10. The molecule has 2 nitrogen and oxygen atoms in total. The minimum atomic E-state index is 0.480. The van der Waals surface area contributed by atoms with Crippen molar-refractivity contribution in [1.29, 1.82) is 0 Å². The number of alkyl halides is 1. The first kappa shape index (κ1) is 15.4. The SMILES string of the molecule is CC1CCCC(CCn2c(CCl)nc3ccc(Br)cc32)C1. The Kier molecular flexibility index (Phi) is 4.90. The molecule has 2 atom stereocenters. The van der Waals surface area contributed by atoms with Crippen molar-refractivity contribution in [2.24, 2.45) is 11.8 Å². The van der Waals surface area contributed by atoms with Gasteiger partial charge >= 0.3 is 0 Å². The first-order valence-electron chi connectivity index (χ1n) is 7.88. The van der Waals surface area contributed by atoms with Crippen LogP contribution in [0.2, 0.25) is 0 Å². The summed E-state index contributed by atoms with van der Waals surface area (Å²) in [6.45, 7) is 3.42. The van der Waals surface area contributed by atoms with E-state index in [0.29, 0.717) is 5.88 Å². The summed E-state index contributed by atoms with van der Waals surface area (Å²) < 4.78 is 3.41. The van der Waals surface area contributed by atoms with Crippen LogP contribution in [0.3, 0.4) is 0 Å². The lowest BCUT2D eigenvalue weighted by Crippen LogP contribution is -2.16. The largest absolute Gasteiger partial charge is 0.327 e. The van der Waals surface area contributed by atoms with Crippen LogP contribution in [0.5, 0.6) is 0 Å². The maximum atomic E-state index is 6.09. The summed E-state index contributed by atoms with van der Waals surface area (Å²) in [5.41, 5.74) is 2.25. The average Bonchev–Trinajstić information content (AvgIpc) is 2.82. The summed E-state index contributed by atoms with van der Waals surface area (Å²) >= 11 is 9.65. The summed E-state index contributed by atoms with van der Waals surface area (Å²) in [5.74, 6) is 3.23. The third kappa shape index (κ3) is 3.45. The van der Waals surface area contributed by atoms with Gasteiger partial charge in [-0.25, -0.2) is 4.98 Å². The quantitative estimate of drug-likeness (QED) is 0.627. The lowest BCUT2D eigenvalue weighted by atomic mass is 9.81. The van der Waals surface area contributed by atoms with E-state index in [-0.39, 0.29) is 0 Å². The number of fused-ring (bicyclic) bond motifs is 1. The molecule has 0 amide bonds. The molecule has 0 N–H and O–H groups in total. The molecule has 1 aromatic heterocycles. The van der Waals surface area contributed by atoms with Crippen LogP contribution in [0.25, 0.3) is 11.0 Å². The smallest absolute Gasteiger partial charge is 0.124 e. The van der Waals surface area contributed by atoms with Crippen LogP contribution in [-0.4, -0.2) is 9.55 Å². The minimum Gasteiger partial charge on any atom is -0.327 e. The molecule has 1 heterocycles. The molecule has 21 heavy (non-hydrogen) atoms. The summed E-state index contributed by atoms with van der Waals surface area (Å²) in [6, 6.07) is 6.26. The van der Waals surface area contributed by atoms with E-state index >= 15 is 0 Å². The number of aromatic nitrogens is 2. The van der Waals surface area contributed by atoms with Gasteiger partial charge in [0.15, 0.2) is 0 Å². The molecule has 0 spiro atoms. The number of imidazole rings is 1. The van der Waals surface area contributed by atoms with Crippen molar-refractivity contribution in [3.8, 4) is 0 Å². The Morgan fingerprint density at radius 3 is 3.00 bits per heavy atom. The van der Waals surface area contributed by atoms with E-state index < -0.39 is 0 Å². The second kappa shape index (κ2) is 6.70. The molecule has 1 fully saturated rings. The van der Waals surface area contributed by atoms with Crippen molar-refractivity contribution in [3.05, 3.63) is 28.5 Å². The van der Waals surface area contributed by atoms with Gasteiger partial charge in [-0.15, -0.1) is 11.6 Å². The van der Waals surface area contributed by atoms with Gasteiger partial charge in [0.25, 0.3) is 0 Å². The minimum absolute atomic E-state index is 0.480. The Labute approximate surface area is 140 Å². The zero-order chi connectivity index (χ0) is 14.8. The van der Waals surface area contributed by atoms with Gasteiger partial charge in [0.05, 0.1) is 16.9 Å². The van der Waals surface area contributed by atoms with Gasteiger partial charge in [-0.05, 0) is 42.9 Å². The number of nitrogens with zero attached hydrogens (tertiary/aromatic N) is 2. The fraction of sp³-hybridized carbons (Fsp3) is 0.588. The molecule has 0 saturated heterocycles. The van der Waals surface area contributed by atoms with Crippen molar-refractivity contribution in [2.45, 2.75) is 51.5 Å². The fourth-order valence-electron chi connectivity index (χ4n) is 3.63. The zero-order valence-electron chi connectivity index (χ0n) is 12.5. The second-order valence-corrected chi connectivity index (χ2v) is 7.56. The maximum Gasteiger partial charge on any atom is 0.124 e. The molecule has 0 radical (unpaired) electrons. The number of benzene rings is 1. The third-order valence-corrected chi connectivity index (χ3v) is 5.45. The highest BCUT2D eigenvalue weighted by atomic mass is 79.9. The highest BCUT2D eigenvalue weighted by Gasteiger charge is 2.19. The molecule has 4 heteroatoms. The number of hydrogen-bond donors (Lipinski definition) is 0. The van der Waals surface area contributed by atoms with E-state index in [0.717, 1.165) is 34.2 Å². The topological polar surface area (TPSA) is 17.8 Å². The van der Waals surface area contributed by atoms with Gasteiger partial charge < -0.3 is 4.57 Å². The van der Waals surface area contributed by atoms with Gasteiger partial charge in [0.2, 0.25) is 0 Å². The maximum absolute atomic E-state index is 6.09. The molecule has 114 valence electrons. The van der Waals surface area contributed by atoms with Crippen LogP contribution in [0.15, 0.2) is 22.7 Å². The third-order valence-electron chi connectivity index (χ3n) is 4.71. The van der Waals surface area contributed by atoms with Crippen molar-refractivity contribution in [3.63, 3.8) is 0 Å². The summed E-state index contributed by atoms with van der Waals surface area (Å²) in [6.07, 6.45) is 6.81. The normalized spacial score (nSPS) is 22.8. The lowest BCUT2D eigenvalue weighted by molar-refractivity contribution is 0.261. The average molecular weight is 370 g/mol. The molecular formula is C17H22BrClN2. The second-order valence-electron chi connectivity index (χ2n) is 6.37. The summed E-state index contributed by atoms with van der Waals surface area (Å²) in [7, 11) is 0. The first-order chi connectivity index (χ1) is 10.2. The van der Waals surface area contributed by atoms with Crippen molar-refractivity contribution >= 4 is 38.6 Å². The van der Waals surface area contributed by atoms with Gasteiger partial charge in [0, 0.05) is 11.0 Å². The lowest BCUT2D eigenvalue weighted by Gasteiger charge is -2.27. The number of hydrogen-bond acceptors (Lipinski definition) is 1. The van der Waals surface area contributed by atoms with Crippen LogP contribution in [-0.2, 0) is 12.4 Å². The first-order valence-corrected chi connectivity index (χ1v) is 9.20. The standard InChI is InChI=1S/C17H22BrClN2/c1-12-3-2-4-13(9-12)7-8-21-16-10-14(18)5-6-15(16)20-17(21)11-19/h5-6,10,12-13H,2-4,7-9,11H2,1H3. The molecule has 1 aliphatic rings. The Bertz CT molecular complexity index is 623. The van der Waals surface area contributed by atoms with Crippen molar-refractivity contribution in [1.82, 2.24) is 9.55 Å². The molecule has 1 aromatic carbocycles. The van der Waals surface area contributed by atoms with E-state index in [4.69, 9.17) is 11.6 Å². The molecule has 2 unspecified atom stereocenters. The Morgan fingerprint density at radius 2 is 2.24 bits per heavy atom. The Hall–Kier alpha value is -0.540. The van der Waals surface area contributed by atoms with Crippen LogP contribution in [0.4, 0.5) is 0 Å². The molecular weight excluding hydrogens is 348 g/mol. The summed E-state index contributed by atoms with van der Waals surface area (Å²) in [4.78, 5) is 4.66. The van der Waals surface area contributed by atoms with Crippen molar-refractivity contribution in [2.75, 3.05) is 0 Å². The molecule has 3 rings (SSSR count). The predicted molar refractivity (Wildman–Crippen MR) is 92.7 cm³/mol. The van der Waals surface area contributed by atoms with E-state index in [1.54, 1.807) is 0 Å². The van der Waals surface area contributed by atoms with Gasteiger partial charge in [-0.2, -0.15) is 0 Å².